The highest BCUT2D eigenvalue weighted by molar-refractivity contribution is 5.77. The highest BCUT2D eigenvalue weighted by Crippen LogP contribution is 2.34. The van der Waals surface area contributed by atoms with Crippen LogP contribution in [0.4, 0.5) is 0 Å². The van der Waals surface area contributed by atoms with E-state index < -0.39 is 0 Å². The molecule has 1 amide bonds. The van der Waals surface area contributed by atoms with Gasteiger partial charge in [-0.15, -0.1) is 0 Å². The summed E-state index contributed by atoms with van der Waals surface area (Å²) in [5.41, 5.74) is 1.25. The molecule has 26 heavy (non-hydrogen) atoms. The zero-order valence-corrected chi connectivity index (χ0v) is 14.7. The second-order valence-electron chi connectivity index (χ2n) is 6.76. The number of carbonyl (C=O) groups is 1. The Morgan fingerprint density at radius 2 is 1.96 bits per heavy atom. The average molecular weight is 351 g/mol. The van der Waals surface area contributed by atoms with Crippen LogP contribution >= 0.6 is 0 Å². The number of fused-ring (bicyclic) bond motifs is 1. The van der Waals surface area contributed by atoms with Gasteiger partial charge in [0, 0.05) is 6.04 Å². The monoisotopic (exact) mass is 351 g/mol. The van der Waals surface area contributed by atoms with Crippen molar-refractivity contribution in [3.63, 3.8) is 0 Å². The molecule has 2 atom stereocenters. The number of nitrogens with zero attached hydrogens (tertiary/aromatic N) is 5. The maximum Gasteiger partial charge on any atom is 0.293 e. The summed E-state index contributed by atoms with van der Waals surface area (Å²) >= 11 is 0. The largest absolute Gasteiger partial charge is 0.331 e. The van der Waals surface area contributed by atoms with Gasteiger partial charge in [0.25, 0.3) is 5.56 Å². The normalized spacial score (nSPS) is 20.4. The van der Waals surface area contributed by atoms with Gasteiger partial charge in [-0.1, -0.05) is 30.3 Å². The van der Waals surface area contributed by atoms with Crippen LogP contribution in [0, 0.1) is 0 Å². The second kappa shape index (κ2) is 6.74. The van der Waals surface area contributed by atoms with Gasteiger partial charge in [0.2, 0.25) is 5.91 Å². The Bertz CT molecular complexity index is 978. The second-order valence-corrected chi connectivity index (χ2v) is 6.76. The van der Waals surface area contributed by atoms with Crippen molar-refractivity contribution in [3.05, 3.63) is 64.8 Å². The minimum atomic E-state index is -0.306. The molecule has 2 aromatic heterocycles. The number of likely N-dealkylation sites (tertiary alicyclic amines) is 1. The van der Waals surface area contributed by atoms with E-state index in [4.69, 9.17) is 0 Å². The van der Waals surface area contributed by atoms with Crippen molar-refractivity contribution in [2.45, 2.75) is 44.8 Å². The van der Waals surface area contributed by atoms with Crippen molar-refractivity contribution in [2.24, 2.45) is 0 Å². The van der Waals surface area contributed by atoms with Crippen LogP contribution in [0.15, 0.2) is 53.7 Å². The quantitative estimate of drug-likeness (QED) is 0.724. The van der Waals surface area contributed by atoms with Crippen LogP contribution in [0.25, 0.3) is 5.52 Å². The van der Waals surface area contributed by atoms with Gasteiger partial charge in [0.05, 0.1) is 12.2 Å². The first-order valence-corrected chi connectivity index (χ1v) is 8.91. The van der Waals surface area contributed by atoms with E-state index in [2.05, 4.69) is 29.3 Å². The Balaban J connectivity index is 1.63. The SMILES string of the molecule is C[C@@H]1CCC[C@H](c2ccccc2)N1C(=O)Cn1ncn2nccc2c1=O. The molecule has 4 rings (SSSR count). The molecule has 0 spiro atoms. The lowest BCUT2D eigenvalue weighted by Crippen LogP contribution is -2.46. The molecule has 1 aliphatic heterocycles. The third kappa shape index (κ3) is 2.89. The van der Waals surface area contributed by atoms with E-state index in [1.54, 1.807) is 12.3 Å². The third-order valence-corrected chi connectivity index (χ3v) is 5.09. The Morgan fingerprint density at radius 3 is 2.77 bits per heavy atom. The summed E-state index contributed by atoms with van der Waals surface area (Å²) in [6.07, 6.45) is 5.99. The molecule has 0 bridgehead atoms. The van der Waals surface area contributed by atoms with Gasteiger partial charge in [0.15, 0.2) is 0 Å². The summed E-state index contributed by atoms with van der Waals surface area (Å²) in [5, 5.41) is 8.09. The molecule has 0 N–H and O–H groups in total. The summed E-state index contributed by atoms with van der Waals surface area (Å²) in [6.45, 7) is 2.01. The van der Waals surface area contributed by atoms with E-state index in [0.717, 1.165) is 24.8 Å². The van der Waals surface area contributed by atoms with Crippen molar-refractivity contribution in [1.82, 2.24) is 24.3 Å². The third-order valence-electron chi connectivity index (χ3n) is 5.09. The summed E-state index contributed by atoms with van der Waals surface area (Å²) < 4.78 is 2.64. The van der Waals surface area contributed by atoms with Crippen molar-refractivity contribution < 1.29 is 4.79 Å². The van der Waals surface area contributed by atoms with Crippen molar-refractivity contribution in [1.29, 1.82) is 0 Å². The van der Waals surface area contributed by atoms with E-state index in [0.29, 0.717) is 5.52 Å². The highest BCUT2D eigenvalue weighted by atomic mass is 16.2. The van der Waals surface area contributed by atoms with Crippen molar-refractivity contribution in [3.8, 4) is 0 Å². The molecule has 1 aliphatic rings. The summed E-state index contributed by atoms with van der Waals surface area (Å²) in [4.78, 5) is 27.5. The van der Waals surface area contributed by atoms with Crippen LogP contribution in [0.1, 0.15) is 37.8 Å². The number of carbonyl (C=O) groups excluding carboxylic acids is 1. The van der Waals surface area contributed by atoms with Crippen LogP contribution in [0.3, 0.4) is 0 Å². The average Bonchev–Trinajstić information content (AvgIpc) is 3.14. The van der Waals surface area contributed by atoms with Gasteiger partial charge < -0.3 is 4.90 Å². The molecule has 1 saturated heterocycles. The van der Waals surface area contributed by atoms with Gasteiger partial charge in [-0.2, -0.15) is 10.2 Å². The molecule has 0 aliphatic carbocycles. The summed E-state index contributed by atoms with van der Waals surface area (Å²) in [7, 11) is 0. The minimum Gasteiger partial charge on any atom is -0.331 e. The van der Waals surface area contributed by atoms with Gasteiger partial charge in [-0.3, -0.25) is 9.59 Å². The predicted octanol–water partition coefficient (Wildman–Crippen LogP) is 2.03. The molecule has 0 radical (unpaired) electrons. The molecular formula is C19H21N5O2. The number of aromatic nitrogens is 4. The number of rotatable bonds is 3. The number of hydrogen-bond acceptors (Lipinski definition) is 4. The number of benzene rings is 1. The summed E-state index contributed by atoms with van der Waals surface area (Å²) in [5.74, 6) is -0.0791. The molecule has 7 heteroatoms. The van der Waals surface area contributed by atoms with Crippen LogP contribution in [-0.4, -0.2) is 36.2 Å². The molecular weight excluding hydrogens is 330 g/mol. The summed E-state index contributed by atoms with van der Waals surface area (Å²) in [6, 6.07) is 11.9. The number of hydrogen-bond donors (Lipinski definition) is 0. The Hall–Kier alpha value is -2.96. The van der Waals surface area contributed by atoms with E-state index in [-0.39, 0.29) is 30.1 Å². The van der Waals surface area contributed by atoms with Gasteiger partial charge in [-0.25, -0.2) is 9.20 Å². The van der Waals surface area contributed by atoms with Crippen LogP contribution in [-0.2, 0) is 11.3 Å². The van der Waals surface area contributed by atoms with E-state index >= 15 is 0 Å². The standard InChI is InChI=1S/C19H21N5O2/c1-14-6-5-9-16(15-7-3-2-4-8-15)24(14)18(25)12-22-19(26)17-10-11-20-23(17)13-21-22/h2-4,7-8,10-11,13-14,16H,5-6,9,12H2,1H3/t14-,16-/m1/s1. The fraction of sp³-hybridized carbons (Fsp3) is 0.368. The lowest BCUT2D eigenvalue weighted by Gasteiger charge is -2.41. The zero-order chi connectivity index (χ0) is 18.1. The zero-order valence-electron chi connectivity index (χ0n) is 14.7. The fourth-order valence-electron chi connectivity index (χ4n) is 3.81. The van der Waals surface area contributed by atoms with Crippen LogP contribution in [0.5, 0.6) is 0 Å². The first-order chi connectivity index (χ1) is 12.6. The number of piperidine rings is 1. The van der Waals surface area contributed by atoms with E-state index in [9.17, 15) is 9.59 Å². The Labute approximate surface area is 150 Å². The molecule has 0 saturated carbocycles. The van der Waals surface area contributed by atoms with Crippen molar-refractivity contribution in [2.75, 3.05) is 0 Å². The van der Waals surface area contributed by atoms with Gasteiger partial charge in [-0.05, 0) is 37.8 Å². The van der Waals surface area contributed by atoms with E-state index in [1.807, 2.05) is 23.1 Å². The smallest absolute Gasteiger partial charge is 0.293 e. The molecule has 7 nitrogen and oxygen atoms in total. The maximum atomic E-state index is 13.1. The Kier molecular flexibility index (Phi) is 4.28. The minimum absolute atomic E-state index is 0.0434. The Morgan fingerprint density at radius 1 is 1.15 bits per heavy atom. The lowest BCUT2D eigenvalue weighted by molar-refractivity contribution is -0.139. The lowest BCUT2D eigenvalue weighted by atomic mass is 9.91. The van der Waals surface area contributed by atoms with Crippen LogP contribution in [0.2, 0.25) is 0 Å². The topological polar surface area (TPSA) is 72.5 Å². The molecule has 0 unspecified atom stereocenters. The molecule has 1 fully saturated rings. The maximum absolute atomic E-state index is 13.1. The predicted molar refractivity (Wildman–Crippen MR) is 96.6 cm³/mol. The molecule has 134 valence electrons. The first-order valence-electron chi connectivity index (χ1n) is 8.91. The number of amides is 1. The van der Waals surface area contributed by atoms with Crippen LogP contribution < -0.4 is 5.56 Å². The first kappa shape index (κ1) is 16.5. The molecule has 3 heterocycles. The van der Waals surface area contributed by atoms with Gasteiger partial charge in [0.1, 0.15) is 18.4 Å². The van der Waals surface area contributed by atoms with Crippen molar-refractivity contribution >= 4 is 11.4 Å². The van der Waals surface area contributed by atoms with Gasteiger partial charge >= 0.3 is 0 Å². The molecule has 1 aromatic carbocycles. The highest BCUT2D eigenvalue weighted by Gasteiger charge is 2.32. The van der Waals surface area contributed by atoms with E-state index in [1.165, 1.54) is 15.5 Å². The fourth-order valence-corrected chi connectivity index (χ4v) is 3.81. The molecule has 3 aromatic rings.